The number of nitrogens with zero attached hydrogens (tertiary/aromatic N) is 3. The normalized spacial score (nSPS) is 11.6. The van der Waals surface area contributed by atoms with Gasteiger partial charge in [0.1, 0.15) is 6.04 Å². The Bertz CT molecular complexity index is 540. The van der Waals surface area contributed by atoms with Gasteiger partial charge in [0.25, 0.3) is 0 Å². The molecule has 0 spiro atoms. The van der Waals surface area contributed by atoms with Gasteiger partial charge in [0.2, 0.25) is 5.91 Å². The maximum absolute atomic E-state index is 11.9. The van der Waals surface area contributed by atoms with Gasteiger partial charge in [-0.15, -0.1) is 5.10 Å². The first-order chi connectivity index (χ1) is 9.96. The van der Waals surface area contributed by atoms with Gasteiger partial charge in [-0.05, 0) is 13.8 Å². The highest BCUT2D eigenvalue weighted by Crippen LogP contribution is 2.14. The maximum atomic E-state index is 11.9. The Morgan fingerprint density at radius 1 is 1.29 bits per heavy atom. The Labute approximate surface area is 121 Å². The minimum Gasteiger partial charge on any atom is -0.469 e. The molecule has 0 saturated carbocycles. The van der Waals surface area contributed by atoms with E-state index in [2.05, 4.69) is 25.1 Å². The summed E-state index contributed by atoms with van der Waals surface area (Å²) in [4.78, 5) is 35.0. The van der Waals surface area contributed by atoms with Crippen LogP contribution in [0.2, 0.25) is 0 Å². The van der Waals surface area contributed by atoms with Crippen molar-refractivity contribution in [1.29, 1.82) is 0 Å². The molecular formula is C12H18N4O5. The average molecular weight is 298 g/mol. The van der Waals surface area contributed by atoms with Crippen LogP contribution in [0.15, 0.2) is 0 Å². The predicted octanol–water partition coefficient (Wildman–Crippen LogP) is -0.523. The Kier molecular flexibility index (Phi) is 5.82. The summed E-state index contributed by atoms with van der Waals surface area (Å²) in [5.41, 5.74) is 0.0616. The van der Waals surface area contributed by atoms with E-state index < -0.39 is 18.0 Å². The summed E-state index contributed by atoms with van der Waals surface area (Å²) in [6.07, 6.45) is -0.238. The molecule has 0 aliphatic carbocycles. The lowest BCUT2D eigenvalue weighted by atomic mass is 10.2. The fourth-order valence-electron chi connectivity index (χ4n) is 1.69. The van der Waals surface area contributed by atoms with Crippen LogP contribution in [0, 0.1) is 0 Å². The quantitative estimate of drug-likeness (QED) is 0.703. The van der Waals surface area contributed by atoms with Crippen LogP contribution in [-0.2, 0) is 25.5 Å². The molecule has 21 heavy (non-hydrogen) atoms. The van der Waals surface area contributed by atoms with Crippen molar-refractivity contribution in [1.82, 2.24) is 20.3 Å². The van der Waals surface area contributed by atoms with Gasteiger partial charge in [-0.25, -0.2) is 9.48 Å². The fourth-order valence-corrected chi connectivity index (χ4v) is 1.69. The molecule has 1 atom stereocenters. The first-order valence-electron chi connectivity index (χ1n) is 6.33. The minimum absolute atomic E-state index is 0.112. The molecule has 9 nitrogen and oxygen atoms in total. The Hall–Kier alpha value is -2.45. The van der Waals surface area contributed by atoms with Crippen molar-refractivity contribution in [3.63, 3.8) is 0 Å². The van der Waals surface area contributed by atoms with E-state index in [-0.39, 0.29) is 23.7 Å². The number of ether oxygens (including phenoxy) is 2. The molecular weight excluding hydrogens is 280 g/mol. The summed E-state index contributed by atoms with van der Waals surface area (Å²) in [5, 5.41) is 10.1. The summed E-state index contributed by atoms with van der Waals surface area (Å²) in [5.74, 6) is -1.61. The third-order valence-electron chi connectivity index (χ3n) is 2.81. The van der Waals surface area contributed by atoms with Crippen LogP contribution in [0.1, 0.15) is 36.1 Å². The topological polar surface area (TPSA) is 112 Å². The van der Waals surface area contributed by atoms with Gasteiger partial charge in [-0.1, -0.05) is 5.21 Å². The second-order valence-electron chi connectivity index (χ2n) is 4.14. The van der Waals surface area contributed by atoms with E-state index in [0.717, 1.165) is 0 Å². The predicted molar refractivity (Wildman–Crippen MR) is 70.5 cm³/mol. The summed E-state index contributed by atoms with van der Waals surface area (Å²) in [6.45, 7) is 3.82. The van der Waals surface area contributed by atoms with Gasteiger partial charge in [0.05, 0.1) is 26.3 Å². The summed E-state index contributed by atoms with van der Waals surface area (Å²) < 4.78 is 10.4. The second-order valence-corrected chi connectivity index (χ2v) is 4.14. The first kappa shape index (κ1) is 16.6. The van der Waals surface area contributed by atoms with Gasteiger partial charge in [-0.2, -0.15) is 0 Å². The standard InChI is InChI=1S/C12H18N4O5/c1-5-13-11(18)7(2)16-8(6-9(17)20-3)10(14-15-16)12(19)21-4/h7H,5-6H2,1-4H3,(H,13,18). The lowest BCUT2D eigenvalue weighted by Crippen LogP contribution is -2.32. The Balaban J connectivity index is 3.19. The molecule has 9 heteroatoms. The Morgan fingerprint density at radius 3 is 2.48 bits per heavy atom. The lowest BCUT2D eigenvalue weighted by Gasteiger charge is -2.14. The highest BCUT2D eigenvalue weighted by molar-refractivity contribution is 5.90. The van der Waals surface area contributed by atoms with Crippen LogP contribution in [0.5, 0.6) is 0 Å². The molecule has 0 aromatic carbocycles. The smallest absolute Gasteiger partial charge is 0.360 e. The van der Waals surface area contributed by atoms with Crippen LogP contribution < -0.4 is 5.32 Å². The van der Waals surface area contributed by atoms with Crippen molar-refractivity contribution >= 4 is 17.8 Å². The molecule has 1 rings (SSSR count). The number of rotatable bonds is 6. The van der Waals surface area contributed by atoms with Gasteiger partial charge in [-0.3, -0.25) is 9.59 Å². The van der Waals surface area contributed by atoms with Gasteiger partial charge < -0.3 is 14.8 Å². The van der Waals surface area contributed by atoms with E-state index in [4.69, 9.17) is 0 Å². The highest BCUT2D eigenvalue weighted by Gasteiger charge is 2.27. The molecule has 116 valence electrons. The number of methoxy groups -OCH3 is 2. The van der Waals surface area contributed by atoms with Crippen molar-refractivity contribution < 1.29 is 23.9 Å². The van der Waals surface area contributed by atoms with Crippen molar-refractivity contribution in [2.75, 3.05) is 20.8 Å². The van der Waals surface area contributed by atoms with Gasteiger partial charge in [0, 0.05) is 6.54 Å². The average Bonchev–Trinajstić information content (AvgIpc) is 2.89. The van der Waals surface area contributed by atoms with Crippen molar-refractivity contribution in [2.45, 2.75) is 26.3 Å². The first-order valence-corrected chi connectivity index (χ1v) is 6.33. The van der Waals surface area contributed by atoms with E-state index in [1.807, 2.05) is 0 Å². The van der Waals surface area contributed by atoms with E-state index in [1.54, 1.807) is 13.8 Å². The summed E-state index contributed by atoms with van der Waals surface area (Å²) in [6, 6.07) is -0.726. The van der Waals surface area contributed by atoms with Crippen LogP contribution in [0.25, 0.3) is 0 Å². The largest absolute Gasteiger partial charge is 0.469 e. The fraction of sp³-hybridized carbons (Fsp3) is 0.583. The molecule has 1 N–H and O–H groups in total. The zero-order valence-electron chi connectivity index (χ0n) is 12.4. The molecule has 1 aromatic heterocycles. The van der Waals surface area contributed by atoms with E-state index in [9.17, 15) is 14.4 Å². The molecule has 1 heterocycles. The van der Waals surface area contributed by atoms with E-state index >= 15 is 0 Å². The molecule has 1 unspecified atom stereocenters. The van der Waals surface area contributed by atoms with E-state index in [1.165, 1.54) is 18.9 Å². The number of hydrogen-bond donors (Lipinski definition) is 1. The third-order valence-corrected chi connectivity index (χ3v) is 2.81. The molecule has 0 radical (unpaired) electrons. The SMILES string of the molecule is CCNC(=O)C(C)n1nnc(C(=O)OC)c1CC(=O)OC. The van der Waals surface area contributed by atoms with Crippen molar-refractivity contribution in [2.24, 2.45) is 0 Å². The summed E-state index contributed by atoms with van der Waals surface area (Å²) in [7, 11) is 2.41. The third kappa shape index (κ3) is 3.77. The molecule has 1 amide bonds. The van der Waals surface area contributed by atoms with Crippen LogP contribution in [0.3, 0.4) is 0 Å². The number of aromatic nitrogens is 3. The van der Waals surface area contributed by atoms with E-state index in [0.29, 0.717) is 6.54 Å². The number of carbonyl (C=O) groups excluding carboxylic acids is 3. The monoisotopic (exact) mass is 298 g/mol. The number of nitrogens with one attached hydrogen (secondary N) is 1. The molecule has 1 aromatic rings. The maximum Gasteiger partial charge on any atom is 0.360 e. The van der Waals surface area contributed by atoms with Crippen LogP contribution in [-0.4, -0.2) is 53.6 Å². The molecule has 0 aliphatic heterocycles. The number of amides is 1. The van der Waals surface area contributed by atoms with Gasteiger partial charge >= 0.3 is 11.9 Å². The molecule has 0 fully saturated rings. The van der Waals surface area contributed by atoms with Gasteiger partial charge in [0.15, 0.2) is 5.69 Å². The van der Waals surface area contributed by atoms with Crippen molar-refractivity contribution in [3.8, 4) is 0 Å². The van der Waals surface area contributed by atoms with Crippen molar-refractivity contribution in [3.05, 3.63) is 11.4 Å². The number of likely N-dealkylation sites (N-methyl/N-ethyl adjacent to an activating group) is 1. The molecule has 0 saturated heterocycles. The zero-order valence-corrected chi connectivity index (χ0v) is 12.4. The second kappa shape index (κ2) is 7.36. The lowest BCUT2D eigenvalue weighted by molar-refractivity contribution is -0.140. The number of hydrogen-bond acceptors (Lipinski definition) is 7. The highest BCUT2D eigenvalue weighted by atomic mass is 16.5. The van der Waals surface area contributed by atoms with Crippen LogP contribution >= 0.6 is 0 Å². The Morgan fingerprint density at radius 2 is 1.95 bits per heavy atom. The number of esters is 2. The minimum atomic E-state index is -0.733. The molecule has 0 aliphatic rings. The zero-order chi connectivity index (χ0) is 16.0. The molecule has 0 bridgehead atoms. The number of carbonyl (C=O) groups is 3. The summed E-state index contributed by atoms with van der Waals surface area (Å²) >= 11 is 0. The van der Waals surface area contributed by atoms with Crippen LogP contribution in [0.4, 0.5) is 0 Å².